The van der Waals surface area contributed by atoms with E-state index in [9.17, 15) is 0 Å². The molecule has 0 aliphatic rings. The average molecular weight is 415 g/mol. The molecular weight excluding hydrogens is 376 g/mol. The van der Waals surface area contributed by atoms with Crippen molar-refractivity contribution in [2.45, 2.75) is 59.9 Å². The van der Waals surface area contributed by atoms with Crippen LogP contribution in [0.3, 0.4) is 0 Å². The van der Waals surface area contributed by atoms with Crippen molar-refractivity contribution in [2.75, 3.05) is 33.9 Å². The lowest BCUT2D eigenvalue weighted by atomic mass is 10.0. The van der Waals surface area contributed by atoms with E-state index in [-0.39, 0.29) is 0 Å². The summed E-state index contributed by atoms with van der Waals surface area (Å²) < 4.78 is 17.4. The maximum Gasteiger partial charge on any atom is 0.134 e. The van der Waals surface area contributed by atoms with E-state index in [4.69, 9.17) is 19.2 Å². The first kappa shape index (κ1) is 24.0. The molecule has 1 aromatic heterocycles. The maximum atomic E-state index is 5.90. The molecule has 0 saturated carbocycles. The minimum Gasteiger partial charge on any atom is -0.496 e. The Hall–Kier alpha value is -2.27. The molecule has 30 heavy (non-hydrogen) atoms. The van der Waals surface area contributed by atoms with Crippen LogP contribution in [0.1, 0.15) is 57.8 Å². The zero-order valence-corrected chi connectivity index (χ0v) is 19.6. The predicted molar refractivity (Wildman–Crippen MR) is 124 cm³/mol. The van der Waals surface area contributed by atoms with Crippen molar-refractivity contribution in [1.29, 1.82) is 0 Å². The molecular formula is C25H38N2O3. The number of pyridine rings is 1. The zero-order valence-electron chi connectivity index (χ0n) is 19.6. The second-order valence-corrected chi connectivity index (χ2v) is 7.67. The normalized spacial score (nSPS) is 11.0. The number of hydrogen-bond acceptors (Lipinski definition) is 5. The van der Waals surface area contributed by atoms with Crippen LogP contribution in [0.2, 0.25) is 0 Å². The smallest absolute Gasteiger partial charge is 0.134 e. The number of methoxy groups -OCH3 is 2. The van der Waals surface area contributed by atoms with Crippen molar-refractivity contribution >= 4 is 0 Å². The highest BCUT2D eigenvalue weighted by molar-refractivity contribution is 5.78. The summed E-state index contributed by atoms with van der Waals surface area (Å²) in [7, 11) is 3.38. The fourth-order valence-corrected chi connectivity index (χ4v) is 3.68. The fraction of sp³-hybridized carbons (Fsp3) is 0.560. The number of unbranched alkanes of at least 4 members (excludes halogenated alkanes) is 1. The van der Waals surface area contributed by atoms with Crippen LogP contribution in [-0.4, -0.2) is 43.8 Å². The Kier molecular flexibility index (Phi) is 9.95. The zero-order chi connectivity index (χ0) is 21.9. The summed E-state index contributed by atoms with van der Waals surface area (Å²) >= 11 is 0. The molecule has 0 aliphatic heterocycles. The Morgan fingerprint density at radius 3 is 2.03 bits per heavy atom. The van der Waals surface area contributed by atoms with Crippen LogP contribution in [0.4, 0.5) is 0 Å². The van der Waals surface area contributed by atoms with E-state index < -0.39 is 0 Å². The molecule has 2 aromatic rings. The van der Waals surface area contributed by atoms with Gasteiger partial charge in [0.05, 0.1) is 32.1 Å². The molecule has 1 heterocycles. The lowest BCUT2D eigenvalue weighted by Gasteiger charge is -2.21. The van der Waals surface area contributed by atoms with Gasteiger partial charge in [-0.1, -0.05) is 27.2 Å². The third kappa shape index (κ3) is 6.63. The number of rotatable bonds is 13. The summed E-state index contributed by atoms with van der Waals surface area (Å²) in [6.07, 6.45) is 4.39. The van der Waals surface area contributed by atoms with E-state index in [1.165, 1.54) is 0 Å². The minimum atomic E-state index is 0.686. The van der Waals surface area contributed by atoms with Gasteiger partial charge in [-0.05, 0) is 57.0 Å². The van der Waals surface area contributed by atoms with Gasteiger partial charge in [-0.3, -0.25) is 9.88 Å². The van der Waals surface area contributed by atoms with Gasteiger partial charge >= 0.3 is 0 Å². The summed E-state index contributed by atoms with van der Waals surface area (Å²) in [4.78, 5) is 7.26. The van der Waals surface area contributed by atoms with Crippen molar-refractivity contribution in [3.8, 4) is 28.4 Å². The number of nitrogens with zero attached hydrogens (tertiary/aromatic N) is 2. The Morgan fingerprint density at radius 1 is 0.867 bits per heavy atom. The topological polar surface area (TPSA) is 43.8 Å². The molecule has 5 nitrogen and oxygen atoms in total. The van der Waals surface area contributed by atoms with Crippen molar-refractivity contribution < 1.29 is 14.2 Å². The standard InChI is InChI=1S/C25H38N2O3/c1-7-10-13-30-22-16-23(28-5)25(24(17-22)29-6)20-14-19(4)26-21(15-20)18-27(11-8-2)12-9-3/h14-17H,7-13,18H2,1-6H3. The molecule has 2 rings (SSSR count). The molecule has 0 N–H and O–H groups in total. The van der Waals surface area contributed by atoms with Crippen LogP contribution in [0, 0.1) is 6.92 Å². The van der Waals surface area contributed by atoms with E-state index in [0.717, 1.165) is 85.1 Å². The van der Waals surface area contributed by atoms with Gasteiger partial charge in [0, 0.05) is 24.4 Å². The molecule has 1 aromatic carbocycles. The fourth-order valence-electron chi connectivity index (χ4n) is 3.68. The van der Waals surface area contributed by atoms with Crippen molar-refractivity contribution in [3.63, 3.8) is 0 Å². The van der Waals surface area contributed by atoms with Gasteiger partial charge in [0.2, 0.25) is 0 Å². The first-order valence-corrected chi connectivity index (χ1v) is 11.1. The van der Waals surface area contributed by atoms with Crippen LogP contribution in [0.25, 0.3) is 11.1 Å². The molecule has 0 aliphatic carbocycles. The van der Waals surface area contributed by atoms with E-state index in [0.29, 0.717) is 6.61 Å². The lowest BCUT2D eigenvalue weighted by Crippen LogP contribution is -2.25. The highest BCUT2D eigenvalue weighted by atomic mass is 16.5. The summed E-state index contributed by atoms with van der Waals surface area (Å²) in [5, 5.41) is 0. The van der Waals surface area contributed by atoms with Gasteiger partial charge in [0.1, 0.15) is 17.2 Å². The Labute approximate surface area is 182 Å². The molecule has 0 fully saturated rings. The van der Waals surface area contributed by atoms with Gasteiger partial charge < -0.3 is 14.2 Å². The second kappa shape index (κ2) is 12.4. The third-order valence-corrected chi connectivity index (χ3v) is 5.01. The Balaban J connectivity index is 2.42. The van der Waals surface area contributed by atoms with Crippen LogP contribution >= 0.6 is 0 Å². The van der Waals surface area contributed by atoms with Crippen LogP contribution in [-0.2, 0) is 6.54 Å². The molecule has 5 heteroatoms. The number of benzene rings is 1. The van der Waals surface area contributed by atoms with Crippen LogP contribution < -0.4 is 14.2 Å². The van der Waals surface area contributed by atoms with E-state index in [2.05, 4.69) is 37.8 Å². The largest absolute Gasteiger partial charge is 0.496 e. The SMILES string of the molecule is CCCCOc1cc(OC)c(-c2cc(C)nc(CN(CCC)CCC)c2)c(OC)c1. The highest BCUT2D eigenvalue weighted by Crippen LogP contribution is 2.42. The number of aromatic nitrogens is 1. The van der Waals surface area contributed by atoms with Gasteiger partial charge in [0.25, 0.3) is 0 Å². The summed E-state index contributed by atoms with van der Waals surface area (Å²) in [5.41, 5.74) is 4.05. The van der Waals surface area contributed by atoms with Crippen molar-refractivity contribution in [3.05, 3.63) is 35.7 Å². The van der Waals surface area contributed by atoms with Crippen molar-refractivity contribution in [1.82, 2.24) is 9.88 Å². The molecule has 0 unspecified atom stereocenters. The quantitative estimate of drug-likeness (QED) is 0.383. The third-order valence-electron chi connectivity index (χ3n) is 5.01. The first-order valence-electron chi connectivity index (χ1n) is 11.1. The summed E-state index contributed by atoms with van der Waals surface area (Å²) in [5.74, 6) is 2.26. The molecule has 0 spiro atoms. The van der Waals surface area contributed by atoms with Crippen molar-refractivity contribution in [2.24, 2.45) is 0 Å². The van der Waals surface area contributed by atoms with Gasteiger partial charge in [0.15, 0.2) is 0 Å². The summed E-state index contributed by atoms with van der Waals surface area (Å²) in [6, 6.07) is 8.14. The maximum absolute atomic E-state index is 5.90. The van der Waals surface area contributed by atoms with Gasteiger partial charge in [-0.2, -0.15) is 0 Å². The first-order chi connectivity index (χ1) is 14.6. The molecule has 166 valence electrons. The van der Waals surface area contributed by atoms with Crippen LogP contribution in [0.5, 0.6) is 17.2 Å². The molecule has 0 bridgehead atoms. The Morgan fingerprint density at radius 2 is 1.50 bits per heavy atom. The van der Waals surface area contributed by atoms with E-state index in [1.54, 1.807) is 14.2 Å². The monoisotopic (exact) mass is 414 g/mol. The highest BCUT2D eigenvalue weighted by Gasteiger charge is 2.17. The molecule has 0 radical (unpaired) electrons. The number of ether oxygens (including phenoxy) is 3. The summed E-state index contributed by atoms with van der Waals surface area (Å²) in [6.45, 7) is 12.3. The average Bonchev–Trinajstić information content (AvgIpc) is 2.73. The predicted octanol–water partition coefficient (Wildman–Crippen LogP) is 5.88. The molecule has 0 atom stereocenters. The van der Waals surface area contributed by atoms with Gasteiger partial charge in [-0.25, -0.2) is 0 Å². The minimum absolute atomic E-state index is 0.686. The second-order valence-electron chi connectivity index (χ2n) is 7.67. The molecule has 0 saturated heterocycles. The van der Waals surface area contributed by atoms with E-state index in [1.807, 2.05) is 19.1 Å². The lowest BCUT2D eigenvalue weighted by molar-refractivity contribution is 0.263. The van der Waals surface area contributed by atoms with Gasteiger partial charge in [-0.15, -0.1) is 0 Å². The van der Waals surface area contributed by atoms with Crippen LogP contribution in [0.15, 0.2) is 24.3 Å². The number of hydrogen-bond donors (Lipinski definition) is 0. The Bertz CT molecular complexity index is 761. The number of aryl methyl sites for hydroxylation is 1. The van der Waals surface area contributed by atoms with E-state index >= 15 is 0 Å². The molecule has 0 amide bonds.